The van der Waals surface area contributed by atoms with Crippen molar-refractivity contribution in [3.05, 3.63) is 148 Å². The summed E-state index contributed by atoms with van der Waals surface area (Å²) in [5, 5.41) is 9.23. The molecule has 4 aromatic carbocycles. The molecule has 9 nitrogen and oxygen atoms in total. The van der Waals surface area contributed by atoms with Gasteiger partial charge >= 0.3 is 13.8 Å². The quantitative estimate of drug-likeness (QED) is 0.0723. The molecule has 1 aliphatic rings. The van der Waals surface area contributed by atoms with Crippen molar-refractivity contribution in [3.63, 3.8) is 0 Å². The van der Waals surface area contributed by atoms with E-state index in [4.69, 9.17) is 23.3 Å². The average Bonchev–Trinajstić information content (AvgIpc) is 3.40. The lowest BCUT2D eigenvalue weighted by molar-refractivity contribution is -0.143. The molecular weight excluding hydrogens is 979 g/mol. The standard InChI is InChI=1S/C20H16Br2F2O5.C14H11Br2F2O4P/c21-13-7-11(1-3-15(13)23)9-27-18-17(5-6-25)29-20(26)19(18)28-10-12-2-4-16(24)14(22)8-12;15-11-5-9(1-3-13(11)17)7-21-23(19,20)22-8-10-2-4-14(18)12(16)6-10/h1-4,7-8,17,25H,5-6,9-10H2;1-6H,7-8H2,(H,19,20). The number of benzene rings is 4. The molecule has 1 aliphatic heterocycles. The van der Waals surface area contributed by atoms with Gasteiger partial charge in [-0.2, -0.15) is 0 Å². The fourth-order valence-corrected chi connectivity index (χ4v) is 6.67. The minimum absolute atomic E-state index is 0.00981. The number of ether oxygens (including phenoxy) is 3. The number of carbonyl (C=O) groups is 1. The van der Waals surface area contributed by atoms with E-state index in [9.17, 15) is 36.9 Å². The van der Waals surface area contributed by atoms with E-state index in [2.05, 4.69) is 63.7 Å². The van der Waals surface area contributed by atoms with Crippen molar-refractivity contribution in [1.29, 1.82) is 0 Å². The highest BCUT2D eigenvalue weighted by Crippen LogP contribution is 2.45. The van der Waals surface area contributed by atoms with Gasteiger partial charge < -0.3 is 24.2 Å². The van der Waals surface area contributed by atoms with Crippen molar-refractivity contribution in [2.45, 2.75) is 39.0 Å². The Hall–Kier alpha value is -2.60. The smallest absolute Gasteiger partial charge is 0.472 e. The van der Waals surface area contributed by atoms with Gasteiger partial charge in [0.2, 0.25) is 5.76 Å². The summed E-state index contributed by atoms with van der Waals surface area (Å²) in [6.07, 6.45) is -0.644. The van der Waals surface area contributed by atoms with Crippen LogP contribution >= 0.6 is 71.5 Å². The molecule has 2 N–H and O–H groups in total. The molecule has 1 heterocycles. The third-order valence-corrected chi connectivity index (χ3v) is 10.2. The van der Waals surface area contributed by atoms with Crippen LogP contribution in [0.4, 0.5) is 17.6 Å². The fraction of sp³-hybridized carbons (Fsp3) is 0.206. The van der Waals surface area contributed by atoms with Crippen molar-refractivity contribution >= 4 is 77.5 Å². The van der Waals surface area contributed by atoms with Gasteiger partial charge in [-0.1, -0.05) is 24.3 Å². The Balaban J connectivity index is 0.000000239. The Morgan fingerprint density at radius 3 is 1.37 bits per heavy atom. The number of hydrogen-bond acceptors (Lipinski definition) is 8. The maximum Gasteiger partial charge on any atom is 0.472 e. The normalized spacial score (nSPS) is 14.2. The van der Waals surface area contributed by atoms with Gasteiger partial charge in [-0.25, -0.2) is 26.9 Å². The van der Waals surface area contributed by atoms with E-state index >= 15 is 0 Å². The van der Waals surface area contributed by atoms with Crippen molar-refractivity contribution in [2.75, 3.05) is 6.61 Å². The average molecular weight is 1010 g/mol. The minimum Gasteiger partial charge on any atom is -0.485 e. The Kier molecular flexibility index (Phi) is 15.9. The van der Waals surface area contributed by atoms with Crippen molar-refractivity contribution in [1.82, 2.24) is 0 Å². The van der Waals surface area contributed by atoms with Gasteiger partial charge in [-0.3, -0.25) is 9.05 Å². The summed E-state index contributed by atoms with van der Waals surface area (Å²) < 4.78 is 92.0. The van der Waals surface area contributed by atoms with Crippen LogP contribution in [-0.4, -0.2) is 28.7 Å². The minimum atomic E-state index is -4.30. The number of hydrogen-bond donors (Lipinski definition) is 2. The van der Waals surface area contributed by atoms with Crippen molar-refractivity contribution in [3.8, 4) is 0 Å². The van der Waals surface area contributed by atoms with Crippen LogP contribution in [0.5, 0.6) is 0 Å². The molecule has 0 spiro atoms. The summed E-state index contributed by atoms with van der Waals surface area (Å²) in [4.78, 5) is 21.9. The molecule has 0 aliphatic carbocycles. The highest BCUT2D eigenvalue weighted by Gasteiger charge is 2.37. The first-order chi connectivity index (χ1) is 24.6. The van der Waals surface area contributed by atoms with Crippen molar-refractivity contribution in [2.24, 2.45) is 0 Å². The van der Waals surface area contributed by atoms with Crippen LogP contribution in [0.1, 0.15) is 28.7 Å². The summed E-state index contributed by atoms with van der Waals surface area (Å²) in [5.74, 6) is -2.36. The molecule has 5 rings (SSSR count). The highest BCUT2D eigenvalue weighted by molar-refractivity contribution is 9.11. The molecular formula is C34H27Br4F4O9P. The second-order valence-electron chi connectivity index (χ2n) is 10.7. The molecule has 1 atom stereocenters. The van der Waals surface area contributed by atoms with Gasteiger partial charge in [0.15, 0.2) is 11.9 Å². The monoisotopic (exact) mass is 1000 g/mol. The van der Waals surface area contributed by atoms with Crippen LogP contribution in [-0.2, 0) is 59.0 Å². The summed E-state index contributed by atoms with van der Waals surface area (Å²) >= 11 is 12.2. The fourth-order valence-electron chi connectivity index (χ4n) is 4.26. The van der Waals surface area contributed by atoms with E-state index in [1.807, 2.05) is 0 Å². The van der Waals surface area contributed by atoms with Gasteiger partial charge in [-0.15, -0.1) is 0 Å². The van der Waals surface area contributed by atoms with Crippen molar-refractivity contribution < 1.29 is 60.2 Å². The van der Waals surface area contributed by atoms with E-state index in [-0.39, 0.29) is 68.9 Å². The van der Waals surface area contributed by atoms with Crippen LogP contribution in [0, 0.1) is 23.3 Å². The zero-order chi connectivity index (χ0) is 38.0. The number of aliphatic hydroxyl groups is 1. The topological polar surface area (TPSA) is 121 Å². The lowest BCUT2D eigenvalue weighted by Crippen LogP contribution is -2.15. The molecule has 0 saturated carbocycles. The van der Waals surface area contributed by atoms with Gasteiger partial charge in [0, 0.05) is 13.0 Å². The number of aliphatic hydroxyl groups excluding tert-OH is 1. The van der Waals surface area contributed by atoms with Crippen LogP contribution in [0.25, 0.3) is 0 Å². The van der Waals surface area contributed by atoms with Crippen LogP contribution in [0.3, 0.4) is 0 Å². The molecule has 18 heteroatoms. The molecule has 278 valence electrons. The number of phosphoric acid groups is 1. The molecule has 4 aromatic rings. The number of phosphoric ester groups is 1. The van der Waals surface area contributed by atoms with Gasteiger partial charge in [0.1, 0.15) is 36.5 Å². The molecule has 0 amide bonds. The molecule has 0 radical (unpaired) electrons. The molecule has 0 bridgehead atoms. The Morgan fingerprint density at radius 2 is 1.00 bits per heavy atom. The lowest BCUT2D eigenvalue weighted by atomic mass is 10.2. The number of rotatable bonds is 14. The highest BCUT2D eigenvalue weighted by atomic mass is 79.9. The van der Waals surface area contributed by atoms with Gasteiger partial charge in [0.05, 0.1) is 31.1 Å². The second-order valence-corrected chi connectivity index (χ2v) is 15.6. The van der Waals surface area contributed by atoms with E-state index in [1.54, 1.807) is 12.1 Å². The van der Waals surface area contributed by atoms with Crippen LogP contribution in [0.15, 0.2) is 102 Å². The lowest BCUT2D eigenvalue weighted by Gasteiger charge is -2.14. The number of carbonyl (C=O) groups excluding carboxylic acids is 1. The molecule has 0 fully saturated rings. The van der Waals surface area contributed by atoms with Crippen LogP contribution < -0.4 is 0 Å². The number of cyclic esters (lactones) is 1. The maximum absolute atomic E-state index is 13.4. The number of halogens is 8. The zero-order valence-corrected chi connectivity index (χ0v) is 33.7. The summed E-state index contributed by atoms with van der Waals surface area (Å²) in [6.45, 7) is -0.628. The molecule has 0 saturated heterocycles. The first-order valence-corrected chi connectivity index (χ1v) is 19.5. The molecule has 52 heavy (non-hydrogen) atoms. The Labute approximate surface area is 329 Å². The van der Waals surface area contributed by atoms with E-state index in [0.29, 0.717) is 22.3 Å². The third kappa shape index (κ3) is 12.5. The third-order valence-electron chi connectivity index (χ3n) is 6.84. The van der Waals surface area contributed by atoms with E-state index in [1.165, 1.54) is 60.7 Å². The Morgan fingerprint density at radius 1 is 0.635 bits per heavy atom. The maximum atomic E-state index is 13.4. The van der Waals surface area contributed by atoms with Crippen LogP contribution in [0.2, 0.25) is 0 Å². The zero-order valence-electron chi connectivity index (χ0n) is 26.5. The predicted molar refractivity (Wildman–Crippen MR) is 194 cm³/mol. The molecule has 1 unspecified atom stereocenters. The van der Waals surface area contributed by atoms with E-state index in [0.717, 1.165) is 0 Å². The largest absolute Gasteiger partial charge is 0.485 e. The predicted octanol–water partition coefficient (Wildman–Crippen LogP) is 10.1. The Bertz CT molecular complexity index is 1930. The summed E-state index contributed by atoms with van der Waals surface area (Å²) in [5.41, 5.74) is 2.29. The number of esters is 1. The van der Waals surface area contributed by atoms with Gasteiger partial charge in [0.25, 0.3) is 0 Å². The van der Waals surface area contributed by atoms with E-state index < -0.39 is 43.2 Å². The SMILES string of the molecule is O=C1OC(CCO)C(OCc2ccc(F)c(Br)c2)=C1OCc1ccc(F)c(Br)c1.O=P(O)(OCc1ccc(F)c(Br)c1)OCc1ccc(F)c(Br)c1. The first kappa shape index (κ1) is 42.1. The van der Waals surface area contributed by atoms with Gasteiger partial charge in [-0.05, 0) is 135 Å². The summed E-state index contributed by atoms with van der Waals surface area (Å²) in [7, 11) is -4.30. The molecule has 0 aromatic heterocycles. The first-order valence-electron chi connectivity index (χ1n) is 14.8. The summed E-state index contributed by atoms with van der Waals surface area (Å²) in [6, 6.07) is 16.9. The second kappa shape index (κ2) is 19.6.